The second kappa shape index (κ2) is 9.07. The molecule has 0 aliphatic carbocycles. The number of aromatic nitrogens is 1. The third-order valence-electron chi connectivity index (χ3n) is 4.34. The van der Waals surface area contributed by atoms with Gasteiger partial charge in [-0.25, -0.2) is 9.38 Å². The van der Waals surface area contributed by atoms with Crippen LogP contribution in [0.25, 0.3) is 10.9 Å². The number of rotatable bonds is 7. The summed E-state index contributed by atoms with van der Waals surface area (Å²) in [6, 6.07) is 13.2. The van der Waals surface area contributed by atoms with Gasteiger partial charge in [-0.2, -0.15) is 0 Å². The Morgan fingerprint density at radius 1 is 1.19 bits per heavy atom. The number of aromatic amines is 1. The van der Waals surface area contributed by atoms with Gasteiger partial charge in [0.25, 0.3) is 0 Å². The molecule has 0 saturated heterocycles. The van der Waals surface area contributed by atoms with E-state index in [1.165, 1.54) is 24.1 Å². The lowest BCUT2D eigenvalue weighted by Crippen LogP contribution is -2.38. The number of H-pyrrole nitrogens is 1. The van der Waals surface area contributed by atoms with Crippen LogP contribution in [0.2, 0.25) is 0 Å². The molecule has 1 aromatic heterocycles. The smallest absolute Gasteiger partial charge is 0.191 e. The molecule has 27 heavy (non-hydrogen) atoms. The average Bonchev–Trinajstić information content (AvgIpc) is 3.09. The van der Waals surface area contributed by atoms with Crippen LogP contribution < -0.4 is 15.4 Å². The number of nitrogens with one attached hydrogen (secondary N) is 3. The van der Waals surface area contributed by atoms with Gasteiger partial charge in [-0.15, -0.1) is 0 Å². The van der Waals surface area contributed by atoms with E-state index in [9.17, 15) is 4.39 Å². The number of nitrogens with zero attached hydrogens (tertiary/aromatic N) is 1. The maximum atomic E-state index is 13.8. The van der Waals surface area contributed by atoms with Gasteiger partial charge in [0.15, 0.2) is 17.5 Å². The minimum absolute atomic E-state index is 0.242. The maximum Gasteiger partial charge on any atom is 0.191 e. The van der Waals surface area contributed by atoms with Crippen molar-refractivity contribution in [3.63, 3.8) is 0 Å². The first-order valence-corrected chi connectivity index (χ1v) is 9.11. The van der Waals surface area contributed by atoms with Gasteiger partial charge in [0.1, 0.15) is 0 Å². The van der Waals surface area contributed by atoms with E-state index in [0.717, 1.165) is 30.6 Å². The maximum absolute atomic E-state index is 13.8. The van der Waals surface area contributed by atoms with E-state index in [-0.39, 0.29) is 11.6 Å². The molecule has 0 radical (unpaired) electrons. The molecule has 0 unspecified atom stereocenters. The summed E-state index contributed by atoms with van der Waals surface area (Å²) < 4.78 is 18.7. The molecule has 3 rings (SSSR count). The molecule has 2 aromatic carbocycles. The van der Waals surface area contributed by atoms with Crippen LogP contribution in [-0.2, 0) is 13.0 Å². The molecule has 0 spiro atoms. The molecule has 0 aliphatic heterocycles. The quantitative estimate of drug-likeness (QED) is 0.441. The van der Waals surface area contributed by atoms with Crippen molar-refractivity contribution < 1.29 is 9.13 Å². The van der Waals surface area contributed by atoms with Crippen molar-refractivity contribution in [2.75, 3.05) is 20.2 Å². The molecule has 0 atom stereocenters. The fourth-order valence-electron chi connectivity index (χ4n) is 2.97. The van der Waals surface area contributed by atoms with Gasteiger partial charge in [-0.05, 0) is 42.7 Å². The van der Waals surface area contributed by atoms with Gasteiger partial charge in [-0.3, -0.25) is 0 Å². The van der Waals surface area contributed by atoms with Crippen LogP contribution in [0.1, 0.15) is 18.1 Å². The number of guanidine groups is 1. The summed E-state index contributed by atoms with van der Waals surface area (Å²) in [6.07, 6.45) is 2.93. The predicted molar refractivity (Wildman–Crippen MR) is 108 cm³/mol. The van der Waals surface area contributed by atoms with Crippen molar-refractivity contribution >= 4 is 16.9 Å². The first-order chi connectivity index (χ1) is 13.2. The molecule has 0 amide bonds. The minimum Gasteiger partial charge on any atom is -0.494 e. The topological polar surface area (TPSA) is 61.4 Å². The molecular weight excluding hydrogens is 343 g/mol. The lowest BCUT2D eigenvalue weighted by molar-refractivity contribution is 0.386. The fourth-order valence-corrected chi connectivity index (χ4v) is 2.97. The molecule has 0 aliphatic rings. The SMILES string of the molecule is CCNC(=NCc1ccc(OC)c(F)c1)NCCc1c[nH]c2ccccc12. The molecule has 142 valence electrons. The van der Waals surface area contributed by atoms with Gasteiger partial charge in [-0.1, -0.05) is 24.3 Å². The zero-order valence-corrected chi connectivity index (χ0v) is 15.7. The van der Waals surface area contributed by atoms with Crippen molar-refractivity contribution in [1.82, 2.24) is 15.6 Å². The van der Waals surface area contributed by atoms with Gasteiger partial charge in [0.2, 0.25) is 0 Å². The number of fused-ring (bicyclic) bond motifs is 1. The Morgan fingerprint density at radius 2 is 2.04 bits per heavy atom. The molecule has 0 saturated carbocycles. The average molecular weight is 368 g/mol. The Labute approximate surface area is 158 Å². The number of methoxy groups -OCH3 is 1. The Balaban J connectivity index is 1.59. The van der Waals surface area contributed by atoms with Crippen molar-refractivity contribution in [2.45, 2.75) is 19.9 Å². The van der Waals surface area contributed by atoms with Crippen molar-refractivity contribution in [2.24, 2.45) is 4.99 Å². The molecule has 0 fully saturated rings. The second-order valence-electron chi connectivity index (χ2n) is 6.20. The van der Waals surface area contributed by atoms with Crippen LogP contribution in [0, 0.1) is 5.82 Å². The molecule has 3 N–H and O–H groups in total. The highest BCUT2D eigenvalue weighted by molar-refractivity contribution is 5.83. The highest BCUT2D eigenvalue weighted by Crippen LogP contribution is 2.18. The van der Waals surface area contributed by atoms with Gasteiger partial charge >= 0.3 is 0 Å². The summed E-state index contributed by atoms with van der Waals surface area (Å²) in [5.74, 6) is 0.586. The zero-order chi connectivity index (χ0) is 19.1. The predicted octanol–water partition coefficient (Wildman–Crippen LogP) is 3.61. The number of para-hydroxylation sites is 1. The number of benzene rings is 2. The summed E-state index contributed by atoms with van der Waals surface area (Å²) in [6.45, 7) is 3.92. The molecular formula is C21H25FN4O. The number of hydrogen-bond donors (Lipinski definition) is 3. The van der Waals surface area contributed by atoms with E-state index >= 15 is 0 Å². The number of halogens is 1. The zero-order valence-electron chi connectivity index (χ0n) is 15.7. The van der Waals surface area contributed by atoms with E-state index in [1.807, 2.05) is 25.1 Å². The highest BCUT2D eigenvalue weighted by atomic mass is 19.1. The Kier molecular flexibility index (Phi) is 6.30. The number of aliphatic imine (C=N–C) groups is 1. The van der Waals surface area contributed by atoms with E-state index in [1.54, 1.807) is 6.07 Å². The largest absolute Gasteiger partial charge is 0.494 e. The lowest BCUT2D eigenvalue weighted by Gasteiger charge is -2.11. The van der Waals surface area contributed by atoms with Crippen molar-refractivity contribution in [3.05, 3.63) is 65.6 Å². The molecule has 6 heteroatoms. The van der Waals surface area contributed by atoms with E-state index in [2.05, 4.69) is 38.9 Å². The van der Waals surface area contributed by atoms with Crippen molar-refractivity contribution in [3.8, 4) is 5.75 Å². The normalized spacial score (nSPS) is 11.6. The second-order valence-corrected chi connectivity index (χ2v) is 6.20. The third kappa shape index (κ3) is 4.78. The third-order valence-corrected chi connectivity index (χ3v) is 4.34. The van der Waals surface area contributed by atoms with Crippen LogP contribution in [0.4, 0.5) is 4.39 Å². The van der Waals surface area contributed by atoms with Crippen LogP contribution in [0.5, 0.6) is 5.75 Å². The Bertz CT molecular complexity index is 919. The first-order valence-electron chi connectivity index (χ1n) is 9.11. The summed E-state index contributed by atoms with van der Waals surface area (Å²) in [7, 11) is 1.46. The highest BCUT2D eigenvalue weighted by Gasteiger charge is 2.05. The van der Waals surface area contributed by atoms with Crippen LogP contribution in [0.15, 0.2) is 53.7 Å². The van der Waals surface area contributed by atoms with Crippen LogP contribution in [0.3, 0.4) is 0 Å². The van der Waals surface area contributed by atoms with Gasteiger partial charge in [0.05, 0.1) is 13.7 Å². The summed E-state index contributed by atoms with van der Waals surface area (Å²) in [4.78, 5) is 7.83. The molecule has 0 bridgehead atoms. The van der Waals surface area contributed by atoms with E-state index in [4.69, 9.17) is 4.74 Å². The number of ether oxygens (including phenoxy) is 1. The van der Waals surface area contributed by atoms with E-state index in [0.29, 0.717) is 12.5 Å². The molecule has 5 nitrogen and oxygen atoms in total. The molecule has 1 heterocycles. The van der Waals surface area contributed by atoms with Gasteiger partial charge < -0.3 is 20.4 Å². The van der Waals surface area contributed by atoms with Crippen molar-refractivity contribution in [1.29, 1.82) is 0 Å². The fraction of sp³-hybridized carbons (Fsp3) is 0.286. The number of hydrogen-bond acceptors (Lipinski definition) is 2. The summed E-state index contributed by atoms with van der Waals surface area (Å²) in [5.41, 5.74) is 3.21. The van der Waals surface area contributed by atoms with E-state index < -0.39 is 0 Å². The van der Waals surface area contributed by atoms with Gasteiger partial charge in [0, 0.05) is 30.2 Å². The van der Waals surface area contributed by atoms with Crippen LogP contribution in [-0.4, -0.2) is 31.1 Å². The van der Waals surface area contributed by atoms with Crippen LogP contribution >= 0.6 is 0 Å². The summed E-state index contributed by atoms with van der Waals surface area (Å²) in [5, 5.41) is 7.80. The lowest BCUT2D eigenvalue weighted by atomic mass is 10.1. The molecule has 3 aromatic rings. The Morgan fingerprint density at radius 3 is 2.81 bits per heavy atom. The minimum atomic E-state index is -0.373. The summed E-state index contributed by atoms with van der Waals surface area (Å²) >= 11 is 0. The Hall–Kier alpha value is -3.02. The first kappa shape index (κ1) is 18.8. The standard InChI is InChI=1S/C21H25FN4O/c1-3-23-21(26-13-15-8-9-20(27-2)18(22)12-15)24-11-10-16-14-25-19-7-5-4-6-17(16)19/h4-9,12,14,25H,3,10-11,13H2,1-2H3,(H2,23,24,26). The monoisotopic (exact) mass is 368 g/mol.